The van der Waals surface area contributed by atoms with Gasteiger partial charge >= 0.3 is 6.18 Å². The van der Waals surface area contributed by atoms with Crippen LogP contribution in [-0.4, -0.2) is 26.4 Å². The Morgan fingerprint density at radius 1 is 1.26 bits per heavy atom. The van der Waals surface area contributed by atoms with Crippen LogP contribution in [0.3, 0.4) is 0 Å². The molecule has 0 bridgehead atoms. The Labute approximate surface area is 161 Å². The summed E-state index contributed by atoms with van der Waals surface area (Å²) in [7, 11) is 0. The van der Waals surface area contributed by atoms with Crippen LogP contribution in [-0.2, 0) is 17.5 Å². The predicted octanol–water partition coefficient (Wildman–Crippen LogP) is 4.78. The smallest absolute Gasteiger partial charge is 0.325 e. The maximum Gasteiger partial charge on any atom is 0.416 e. The van der Waals surface area contributed by atoms with Crippen molar-refractivity contribution >= 4 is 34.7 Å². The van der Waals surface area contributed by atoms with Crippen molar-refractivity contribution in [3.05, 3.63) is 47.3 Å². The number of thiophene rings is 1. The number of halogens is 3. The molecule has 1 aromatic carbocycles. The van der Waals surface area contributed by atoms with E-state index in [1.165, 1.54) is 23.9 Å². The lowest BCUT2D eigenvalue weighted by atomic mass is 10.2. The molecule has 2 aromatic heterocycles. The van der Waals surface area contributed by atoms with Gasteiger partial charge in [0.15, 0.2) is 11.0 Å². The zero-order valence-electron chi connectivity index (χ0n) is 14.2. The van der Waals surface area contributed by atoms with Gasteiger partial charge in [0.1, 0.15) is 0 Å². The molecule has 0 saturated heterocycles. The van der Waals surface area contributed by atoms with Crippen LogP contribution >= 0.6 is 23.1 Å². The fourth-order valence-electron chi connectivity index (χ4n) is 2.37. The molecule has 1 N–H and O–H groups in total. The summed E-state index contributed by atoms with van der Waals surface area (Å²) in [5.74, 6) is 0.328. The normalized spacial score (nSPS) is 11.6. The van der Waals surface area contributed by atoms with E-state index in [2.05, 4.69) is 15.5 Å². The van der Waals surface area contributed by atoms with Crippen LogP contribution in [0.5, 0.6) is 0 Å². The standard InChI is InChI=1S/C17H15F3N4OS2/c1-2-24-15(13-7-4-8-26-13)22-23-16(24)27-10-14(25)21-12-6-3-5-11(9-12)17(18,19)20/h3-9H,2,10H2,1H3,(H,21,25). The first-order chi connectivity index (χ1) is 12.9. The number of rotatable bonds is 6. The lowest BCUT2D eigenvalue weighted by Gasteiger charge is -2.10. The van der Waals surface area contributed by atoms with E-state index in [1.807, 2.05) is 29.0 Å². The average Bonchev–Trinajstić information content (AvgIpc) is 3.28. The first-order valence-electron chi connectivity index (χ1n) is 7.95. The van der Waals surface area contributed by atoms with Crippen molar-refractivity contribution in [1.29, 1.82) is 0 Å². The first kappa shape index (κ1) is 19.4. The number of alkyl halides is 3. The van der Waals surface area contributed by atoms with Crippen molar-refractivity contribution in [3.8, 4) is 10.7 Å². The Balaban J connectivity index is 1.65. The third-order valence-corrected chi connectivity index (χ3v) is 5.41. The number of hydrogen-bond acceptors (Lipinski definition) is 5. The minimum absolute atomic E-state index is 0.0127. The Bertz CT molecular complexity index is 923. The van der Waals surface area contributed by atoms with Crippen LogP contribution < -0.4 is 5.32 Å². The summed E-state index contributed by atoms with van der Waals surface area (Å²) in [5, 5.41) is 13.3. The van der Waals surface area contributed by atoms with Crippen LogP contribution in [0.4, 0.5) is 18.9 Å². The van der Waals surface area contributed by atoms with Crippen molar-refractivity contribution in [2.24, 2.45) is 0 Å². The van der Waals surface area contributed by atoms with E-state index in [9.17, 15) is 18.0 Å². The summed E-state index contributed by atoms with van der Waals surface area (Å²) in [6.45, 7) is 2.59. The number of nitrogens with zero attached hydrogens (tertiary/aromatic N) is 3. The number of carbonyl (C=O) groups is 1. The summed E-state index contributed by atoms with van der Waals surface area (Å²) in [4.78, 5) is 13.1. The minimum Gasteiger partial charge on any atom is -0.325 e. The highest BCUT2D eigenvalue weighted by Gasteiger charge is 2.30. The summed E-state index contributed by atoms with van der Waals surface area (Å²) < 4.78 is 40.1. The van der Waals surface area contributed by atoms with E-state index >= 15 is 0 Å². The van der Waals surface area contributed by atoms with Crippen molar-refractivity contribution in [2.45, 2.75) is 24.8 Å². The van der Waals surface area contributed by atoms with Gasteiger partial charge in [-0.05, 0) is 36.6 Å². The molecule has 1 amide bonds. The first-order valence-corrected chi connectivity index (χ1v) is 9.82. The molecular weight excluding hydrogens is 397 g/mol. The molecule has 3 aromatic rings. The molecule has 0 aliphatic carbocycles. The zero-order valence-corrected chi connectivity index (χ0v) is 15.8. The van der Waals surface area contributed by atoms with Crippen LogP contribution in [0.1, 0.15) is 12.5 Å². The molecule has 3 rings (SSSR count). The van der Waals surface area contributed by atoms with Crippen molar-refractivity contribution in [1.82, 2.24) is 14.8 Å². The van der Waals surface area contributed by atoms with E-state index in [0.717, 1.165) is 22.8 Å². The Kier molecular flexibility index (Phi) is 5.85. The molecule has 0 unspecified atom stereocenters. The monoisotopic (exact) mass is 412 g/mol. The van der Waals surface area contributed by atoms with E-state index in [1.54, 1.807) is 11.3 Å². The van der Waals surface area contributed by atoms with Crippen LogP contribution in [0.25, 0.3) is 10.7 Å². The van der Waals surface area contributed by atoms with E-state index in [4.69, 9.17) is 0 Å². The second-order valence-corrected chi connectivity index (χ2v) is 7.33. The molecular formula is C17H15F3N4OS2. The quantitative estimate of drug-likeness (QED) is 0.592. The lowest BCUT2D eigenvalue weighted by molar-refractivity contribution is -0.137. The molecule has 0 spiro atoms. The van der Waals surface area contributed by atoms with Gasteiger partial charge in [0, 0.05) is 12.2 Å². The van der Waals surface area contributed by atoms with Gasteiger partial charge < -0.3 is 9.88 Å². The van der Waals surface area contributed by atoms with Gasteiger partial charge in [0.25, 0.3) is 0 Å². The number of anilines is 1. The zero-order chi connectivity index (χ0) is 19.4. The summed E-state index contributed by atoms with van der Waals surface area (Å²) in [6.07, 6.45) is -4.45. The molecule has 27 heavy (non-hydrogen) atoms. The molecule has 0 radical (unpaired) electrons. The van der Waals surface area contributed by atoms with Gasteiger partial charge in [-0.3, -0.25) is 4.79 Å². The molecule has 10 heteroatoms. The Morgan fingerprint density at radius 2 is 2.07 bits per heavy atom. The molecule has 0 atom stereocenters. The molecule has 142 valence electrons. The third kappa shape index (κ3) is 4.69. The number of nitrogens with one attached hydrogen (secondary N) is 1. The lowest BCUT2D eigenvalue weighted by Crippen LogP contribution is -2.15. The fourth-order valence-corrected chi connectivity index (χ4v) is 3.89. The second-order valence-electron chi connectivity index (χ2n) is 5.44. The molecule has 0 fully saturated rings. The summed E-state index contributed by atoms with van der Waals surface area (Å²) >= 11 is 2.73. The summed E-state index contributed by atoms with van der Waals surface area (Å²) in [5.41, 5.74) is -0.703. The molecule has 2 heterocycles. The number of hydrogen-bond donors (Lipinski definition) is 1. The summed E-state index contributed by atoms with van der Waals surface area (Å²) in [6, 6.07) is 8.40. The van der Waals surface area contributed by atoms with E-state index in [0.29, 0.717) is 11.7 Å². The average molecular weight is 412 g/mol. The number of amides is 1. The van der Waals surface area contributed by atoms with Crippen molar-refractivity contribution in [3.63, 3.8) is 0 Å². The van der Waals surface area contributed by atoms with Crippen molar-refractivity contribution in [2.75, 3.05) is 11.1 Å². The highest BCUT2D eigenvalue weighted by atomic mass is 32.2. The van der Waals surface area contributed by atoms with Crippen LogP contribution in [0, 0.1) is 0 Å². The highest BCUT2D eigenvalue weighted by molar-refractivity contribution is 7.99. The maximum atomic E-state index is 12.7. The van der Waals surface area contributed by atoms with Gasteiger partial charge in [-0.25, -0.2) is 0 Å². The number of benzene rings is 1. The highest BCUT2D eigenvalue weighted by Crippen LogP contribution is 2.31. The number of carbonyl (C=O) groups excluding carboxylic acids is 1. The van der Waals surface area contributed by atoms with Crippen LogP contribution in [0.2, 0.25) is 0 Å². The largest absolute Gasteiger partial charge is 0.416 e. The molecule has 5 nitrogen and oxygen atoms in total. The Morgan fingerprint density at radius 3 is 2.74 bits per heavy atom. The number of aromatic nitrogens is 3. The topological polar surface area (TPSA) is 59.8 Å². The van der Waals surface area contributed by atoms with Gasteiger partial charge in [0.05, 0.1) is 16.2 Å². The molecule has 0 saturated carbocycles. The van der Waals surface area contributed by atoms with Gasteiger partial charge in [-0.2, -0.15) is 13.2 Å². The minimum atomic E-state index is -4.45. The predicted molar refractivity (Wildman–Crippen MR) is 99.8 cm³/mol. The maximum absolute atomic E-state index is 12.7. The molecule has 0 aliphatic heterocycles. The SMILES string of the molecule is CCn1c(SCC(=O)Nc2cccc(C(F)(F)F)c2)nnc1-c1cccs1. The van der Waals surface area contributed by atoms with E-state index < -0.39 is 17.6 Å². The van der Waals surface area contributed by atoms with Gasteiger partial charge in [-0.15, -0.1) is 21.5 Å². The second kappa shape index (κ2) is 8.13. The van der Waals surface area contributed by atoms with Crippen LogP contribution in [0.15, 0.2) is 46.9 Å². The third-order valence-electron chi connectivity index (χ3n) is 3.58. The molecule has 0 aliphatic rings. The number of thioether (sulfide) groups is 1. The van der Waals surface area contributed by atoms with Crippen molar-refractivity contribution < 1.29 is 18.0 Å². The fraction of sp³-hybridized carbons (Fsp3) is 0.235. The Hall–Kier alpha value is -2.33. The van der Waals surface area contributed by atoms with Gasteiger partial charge in [0.2, 0.25) is 5.91 Å². The van der Waals surface area contributed by atoms with Gasteiger partial charge in [-0.1, -0.05) is 23.9 Å². The van der Waals surface area contributed by atoms with E-state index in [-0.39, 0.29) is 11.4 Å².